The second-order valence-electron chi connectivity index (χ2n) is 8.53. The Balaban J connectivity index is 1.57. The van der Waals surface area contributed by atoms with Crippen molar-refractivity contribution in [3.8, 4) is 11.3 Å². The van der Waals surface area contributed by atoms with E-state index in [1.807, 2.05) is 12.1 Å². The Morgan fingerprint density at radius 1 is 1.00 bits per heavy atom. The first-order valence-electron chi connectivity index (χ1n) is 10.8. The van der Waals surface area contributed by atoms with Gasteiger partial charge in [0, 0.05) is 35.9 Å². The minimum Gasteiger partial charge on any atom is -0.362 e. The van der Waals surface area contributed by atoms with Crippen LogP contribution in [0, 0.1) is 6.92 Å². The van der Waals surface area contributed by atoms with Crippen molar-refractivity contribution in [2.75, 3.05) is 20.1 Å². The molecule has 0 spiro atoms. The van der Waals surface area contributed by atoms with Crippen LogP contribution in [0.25, 0.3) is 11.3 Å². The average Bonchev–Trinajstić information content (AvgIpc) is 3.00. The Morgan fingerprint density at radius 2 is 1.73 bits per heavy atom. The molecule has 2 aliphatic heterocycles. The van der Waals surface area contributed by atoms with Crippen molar-refractivity contribution in [1.29, 1.82) is 0 Å². The molecule has 2 aliphatic rings. The molecule has 1 saturated heterocycles. The van der Waals surface area contributed by atoms with Crippen molar-refractivity contribution < 1.29 is 4.74 Å². The lowest BCUT2D eigenvalue weighted by Crippen LogP contribution is -2.35. The number of aryl methyl sites for hydroxylation is 1. The zero-order chi connectivity index (χ0) is 20.7. The summed E-state index contributed by atoms with van der Waals surface area (Å²) in [6, 6.07) is 16.7. The molecule has 2 aromatic carbocycles. The van der Waals surface area contributed by atoms with Crippen LogP contribution >= 0.6 is 11.6 Å². The van der Waals surface area contributed by atoms with Crippen molar-refractivity contribution in [2.45, 2.75) is 44.9 Å². The van der Waals surface area contributed by atoms with Gasteiger partial charge in [-0.2, -0.15) is 0 Å². The number of aromatic nitrogens is 2. The van der Waals surface area contributed by atoms with Gasteiger partial charge in [-0.3, -0.25) is 0 Å². The van der Waals surface area contributed by atoms with Gasteiger partial charge in [0.05, 0.1) is 11.8 Å². The zero-order valence-corrected chi connectivity index (χ0v) is 18.4. The van der Waals surface area contributed by atoms with Crippen molar-refractivity contribution in [2.24, 2.45) is 0 Å². The zero-order valence-electron chi connectivity index (χ0n) is 17.6. The Kier molecular flexibility index (Phi) is 5.40. The molecule has 1 aromatic heterocycles. The molecule has 30 heavy (non-hydrogen) atoms. The predicted molar refractivity (Wildman–Crippen MR) is 121 cm³/mol. The van der Waals surface area contributed by atoms with Crippen LogP contribution in [0.4, 0.5) is 0 Å². The van der Waals surface area contributed by atoms with Crippen molar-refractivity contribution >= 4 is 11.6 Å². The number of fused-ring (bicyclic) bond motifs is 2. The van der Waals surface area contributed by atoms with Crippen molar-refractivity contribution in [1.82, 2.24) is 14.5 Å². The summed E-state index contributed by atoms with van der Waals surface area (Å²) in [6.45, 7) is 5.26. The molecule has 0 N–H and O–H groups in total. The molecule has 0 radical (unpaired) electrons. The molecule has 3 heterocycles. The van der Waals surface area contributed by atoms with Crippen LogP contribution < -0.4 is 0 Å². The summed E-state index contributed by atoms with van der Waals surface area (Å²) in [5, 5.41) is 0.745. The van der Waals surface area contributed by atoms with Crippen LogP contribution in [0.5, 0.6) is 0 Å². The molecule has 3 aromatic rings. The highest BCUT2D eigenvalue weighted by molar-refractivity contribution is 6.30. The van der Waals surface area contributed by atoms with E-state index in [0.29, 0.717) is 0 Å². The highest BCUT2D eigenvalue weighted by atomic mass is 35.5. The minimum atomic E-state index is -0.128. The number of imidazole rings is 1. The molecule has 0 aliphatic carbocycles. The lowest BCUT2D eigenvalue weighted by molar-refractivity contribution is -0.0276. The third-order valence-electron chi connectivity index (χ3n) is 6.54. The Bertz CT molecular complexity index is 1040. The number of hydrogen-bond donors (Lipinski definition) is 0. The van der Waals surface area contributed by atoms with Gasteiger partial charge >= 0.3 is 0 Å². The summed E-state index contributed by atoms with van der Waals surface area (Å²) in [6.07, 6.45) is 3.27. The SMILES string of the molecule is Cc1c(-c2ccc(Cl)cc2)nc2n1CCc1ccccc1C2OC1CCN(C)CC1. The number of ether oxygens (including phenoxy) is 1. The Labute approximate surface area is 183 Å². The number of rotatable bonds is 3. The van der Waals surface area contributed by atoms with Gasteiger partial charge in [0.15, 0.2) is 0 Å². The fourth-order valence-electron chi connectivity index (χ4n) is 4.76. The molecular weight excluding hydrogens is 394 g/mol. The molecule has 0 saturated carbocycles. The monoisotopic (exact) mass is 421 g/mol. The van der Waals surface area contributed by atoms with Crippen LogP contribution in [0.3, 0.4) is 0 Å². The van der Waals surface area contributed by atoms with Gasteiger partial charge in [-0.05, 0) is 56.5 Å². The molecule has 5 rings (SSSR count). The minimum absolute atomic E-state index is 0.128. The first kappa shape index (κ1) is 19.8. The largest absolute Gasteiger partial charge is 0.362 e. The summed E-state index contributed by atoms with van der Waals surface area (Å²) in [5.74, 6) is 1.03. The highest BCUT2D eigenvalue weighted by Crippen LogP contribution is 2.37. The summed E-state index contributed by atoms with van der Waals surface area (Å²) < 4.78 is 9.17. The first-order valence-corrected chi connectivity index (χ1v) is 11.2. The molecule has 0 amide bonds. The fraction of sp³-hybridized carbons (Fsp3) is 0.400. The number of piperidine rings is 1. The summed E-state index contributed by atoms with van der Waals surface area (Å²) in [5.41, 5.74) is 5.95. The maximum atomic E-state index is 6.81. The molecule has 0 bridgehead atoms. The molecule has 1 unspecified atom stereocenters. The number of likely N-dealkylation sites (tertiary alicyclic amines) is 1. The number of nitrogens with zero attached hydrogens (tertiary/aromatic N) is 3. The maximum Gasteiger partial charge on any atom is 0.143 e. The van der Waals surface area contributed by atoms with E-state index in [4.69, 9.17) is 21.3 Å². The van der Waals surface area contributed by atoms with E-state index in [0.717, 1.165) is 61.0 Å². The Hall–Kier alpha value is -2.14. The predicted octanol–water partition coefficient (Wildman–Crippen LogP) is 5.27. The van der Waals surface area contributed by atoms with E-state index < -0.39 is 0 Å². The van der Waals surface area contributed by atoms with Gasteiger partial charge in [-0.25, -0.2) is 4.98 Å². The van der Waals surface area contributed by atoms with E-state index in [1.165, 1.54) is 16.8 Å². The second kappa shape index (κ2) is 8.18. The number of halogens is 1. The maximum absolute atomic E-state index is 6.81. The van der Waals surface area contributed by atoms with Crippen molar-refractivity contribution in [3.05, 3.63) is 76.2 Å². The summed E-state index contributed by atoms with van der Waals surface area (Å²) in [7, 11) is 2.19. The number of benzene rings is 2. The topological polar surface area (TPSA) is 30.3 Å². The number of hydrogen-bond acceptors (Lipinski definition) is 3. The molecule has 4 nitrogen and oxygen atoms in total. The normalized spacial score (nSPS) is 19.9. The van der Waals surface area contributed by atoms with Crippen LogP contribution in [0.2, 0.25) is 5.02 Å². The van der Waals surface area contributed by atoms with E-state index in [9.17, 15) is 0 Å². The highest BCUT2D eigenvalue weighted by Gasteiger charge is 2.32. The third kappa shape index (κ3) is 3.68. The van der Waals surface area contributed by atoms with Gasteiger partial charge in [0.2, 0.25) is 0 Å². The van der Waals surface area contributed by atoms with E-state index in [1.54, 1.807) is 0 Å². The quantitative estimate of drug-likeness (QED) is 0.577. The van der Waals surface area contributed by atoms with E-state index in [-0.39, 0.29) is 12.2 Å². The van der Waals surface area contributed by atoms with Gasteiger partial charge in [0.1, 0.15) is 11.9 Å². The average molecular weight is 422 g/mol. The fourth-order valence-corrected chi connectivity index (χ4v) is 4.88. The van der Waals surface area contributed by atoms with Crippen LogP contribution in [-0.2, 0) is 17.7 Å². The van der Waals surface area contributed by atoms with Crippen LogP contribution in [0.1, 0.15) is 41.6 Å². The lowest BCUT2D eigenvalue weighted by Gasteiger charge is -2.32. The van der Waals surface area contributed by atoms with Gasteiger partial charge in [-0.15, -0.1) is 0 Å². The lowest BCUT2D eigenvalue weighted by atomic mass is 10.00. The third-order valence-corrected chi connectivity index (χ3v) is 6.79. The van der Waals surface area contributed by atoms with Crippen LogP contribution in [-0.4, -0.2) is 40.7 Å². The van der Waals surface area contributed by atoms with E-state index in [2.05, 4.69) is 59.8 Å². The second-order valence-corrected chi connectivity index (χ2v) is 8.97. The molecule has 156 valence electrons. The molecule has 5 heteroatoms. The van der Waals surface area contributed by atoms with Crippen LogP contribution in [0.15, 0.2) is 48.5 Å². The molecule has 1 fully saturated rings. The standard InChI is InChI=1S/C25H28ClN3O/c1-17-23(19-7-9-20(26)10-8-19)27-25-24(30-21-12-14-28(2)15-13-21)22-6-4-3-5-18(22)11-16-29(17)25/h3-10,21,24H,11-16H2,1-2H3. The van der Waals surface area contributed by atoms with Gasteiger partial charge in [0.25, 0.3) is 0 Å². The molecular formula is C25H28ClN3O. The smallest absolute Gasteiger partial charge is 0.143 e. The van der Waals surface area contributed by atoms with Gasteiger partial charge < -0.3 is 14.2 Å². The van der Waals surface area contributed by atoms with E-state index >= 15 is 0 Å². The van der Waals surface area contributed by atoms with Crippen molar-refractivity contribution in [3.63, 3.8) is 0 Å². The Morgan fingerprint density at radius 3 is 2.50 bits per heavy atom. The summed E-state index contributed by atoms with van der Waals surface area (Å²) >= 11 is 6.11. The molecule has 1 atom stereocenters. The summed E-state index contributed by atoms with van der Waals surface area (Å²) in [4.78, 5) is 7.54. The first-order chi connectivity index (χ1) is 14.6. The van der Waals surface area contributed by atoms with Gasteiger partial charge in [-0.1, -0.05) is 48.0 Å².